The van der Waals surface area contributed by atoms with Crippen LogP contribution in [-0.4, -0.2) is 11.1 Å². The standard InChI is InChI=1S/C23H23NO/c25-23(20-11-3-1-4-12-20,21-13-5-2-6-14-21)16-22-15-18-9-7-8-10-19(18)17-24-22/h1-14,22,24-25H,15-17H2. The van der Waals surface area contributed by atoms with Gasteiger partial charge in [0.1, 0.15) is 5.60 Å². The molecule has 0 radical (unpaired) electrons. The summed E-state index contributed by atoms with van der Waals surface area (Å²) < 4.78 is 0. The summed E-state index contributed by atoms with van der Waals surface area (Å²) in [5.74, 6) is 0. The maximum absolute atomic E-state index is 11.7. The van der Waals surface area contributed by atoms with Gasteiger partial charge in [-0.15, -0.1) is 0 Å². The first-order valence-electron chi connectivity index (χ1n) is 8.89. The summed E-state index contributed by atoms with van der Waals surface area (Å²) >= 11 is 0. The van der Waals surface area contributed by atoms with Crippen LogP contribution in [-0.2, 0) is 18.6 Å². The fraction of sp³-hybridized carbons (Fsp3) is 0.217. The quantitative estimate of drug-likeness (QED) is 0.757. The van der Waals surface area contributed by atoms with Crippen molar-refractivity contribution in [3.05, 3.63) is 107 Å². The van der Waals surface area contributed by atoms with Crippen LogP contribution in [0.4, 0.5) is 0 Å². The highest BCUT2D eigenvalue weighted by molar-refractivity contribution is 5.37. The van der Waals surface area contributed by atoms with Crippen molar-refractivity contribution in [2.24, 2.45) is 0 Å². The Hall–Kier alpha value is -2.42. The topological polar surface area (TPSA) is 32.3 Å². The Morgan fingerprint density at radius 1 is 0.760 bits per heavy atom. The molecule has 1 aliphatic heterocycles. The monoisotopic (exact) mass is 329 g/mol. The van der Waals surface area contributed by atoms with E-state index in [1.54, 1.807) is 0 Å². The Morgan fingerprint density at radius 2 is 1.28 bits per heavy atom. The minimum absolute atomic E-state index is 0.236. The van der Waals surface area contributed by atoms with E-state index >= 15 is 0 Å². The lowest BCUT2D eigenvalue weighted by Gasteiger charge is -2.35. The van der Waals surface area contributed by atoms with Crippen molar-refractivity contribution in [2.45, 2.75) is 31.0 Å². The average Bonchev–Trinajstić information content (AvgIpc) is 2.69. The number of benzene rings is 3. The lowest BCUT2D eigenvalue weighted by atomic mass is 9.79. The SMILES string of the molecule is OC(CC1Cc2ccccc2CN1)(c1ccccc1)c1ccccc1. The molecule has 0 aliphatic carbocycles. The third kappa shape index (κ3) is 3.23. The molecule has 25 heavy (non-hydrogen) atoms. The van der Waals surface area contributed by atoms with E-state index in [0.717, 1.165) is 24.1 Å². The van der Waals surface area contributed by atoms with Crippen molar-refractivity contribution in [3.8, 4) is 0 Å². The van der Waals surface area contributed by atoms with E-state index in [9.17, 15) is 5.11 Å². The van der Waals surface area contributed by atoms with Crippen molar-refractivity contribution < 1.29 is 5.11 Å². The van der Waals surface area contributed by atoms with Crippen LogP contribution in [0.25, 0.3) is 0 Å². The number of hydrogen-bond acceptors (Lipinski definition) is 2. The van der Waals surface area contributed by atoms with Gasteiger partial charge in [0.05, 0.1) is 0 Å². The zero-order valence-corrected chi connectivity index (χ0v) is 14.2. The van der Waals surface area contributed by atoms with E-state index in [0.29, 0.717) is 6.42 Å². The van der Waals surface area contributed by atoms with E-state index in [2.05, 4.69) is 29.6 Å². The third-order valence-electron chi connectivity index (χ3n) is 5.21. The van der Waals surface area contributed by atoms with Crippen LogP contribution in [0.15, 0.2) is 84.9 Å². The second kappa shape index (κ2) is 6.83. The Morgan fingerprint density at radius 3 is 1.88 bits per heavy atom. The van der Waals surface area contributed by atoms with Crippen LogP contribution in [0.1, 0.15) is 28.7 Å². The molecule has 0 fully saturated rings. The Balaban J connectivity index is 1.66. The van der Waals surface area contributed by atoms with Crippen LogP contribution in [0.3, 0.4) is 0 Å². The molecule has 0 saturated heterocycles. The van der Waals surface area contributed by atoms with E-state index in [1.165, 1.54) is 11.1 Å². The molecule has 2 N–H and O–H groups in total. The largest absolute Gasteiger partial charge is 0.380 e. The number of aliphatic hydroxyl groups is 1. The Kier molecular flexibility index (Phi) is 4.39. The molecule has 1 atom stereocenters. The number of fused-ring (bicyclic) bond motifs is 1. The minimum atomic E-state index is -0.994. The molecule has 0 aromatic heterocycles. The Bertz CT molecular complexity index is 789. The van der Waals surface area contributed by atoms with Gasteiger partial charge in [0.25, 0.3) is 0 Å². The molecule has 0 bridgehead atoms. The smallest absolute Gasteiger partial charge is 0.116 e. The Labute approximate surface area is 149 Å². The molecule has 1 unspecified atom stereocenters. The van der Waals surface area contributed by atoms with Crippen LogP contribution < -0.4 is 5.32 Å². The fourth-order valence-electron chi connectivity index (χ4n) is 3.85. The van der Waals surface area contributed by atoms with Crippen molar-refractivity contribution in [1.29, 1.82) is 0 Å². The molecule has 0 amide bonds. The van der Waals surface area contributed by atoms with Gasteiger partial charge in [-0.1, -0.05) is 84.9 Å². The van der Waals surface area contributed by atoms with Gasteiger partial charge in [0, 0.05) is 19.0 Å². The van der Waals surface area contributed by atoms with E-state index in [-0.39, 0.29) is 6.04 Å². The zero-order valence-electron chi connectivity index (χ0n) is 14.2. The molecule has 0 saturated carbocycles. The predicted molar refractivity (Wildman–Crippen MR) is 101 cm³/mol. The van der Waals surface area contributed by atoms with E-state index in [4.69, 9.17) is 0 Å². The highest BCUT2D eigenvalue weighted by Crippen LogP contribution is 2.35. The summed E-state index contributed by atoms with van der Waals surface area (Å²) in [5, 5.41) is 15.3. The normalized spacial score (nSPS) is 17.1. The molecule has 1 aliphatic rings. The van der Waals surface area contributed by atoms with Crippen LogP contribution >= 0.6 is 0 Å². The zero-order chi connectivity index (χ0) is 17.1. The second-order valence-electron chi connectivity index (χ2n) is 6.85. The molecule has 3 aromatic carbocycles. The highest BCUT2D eigenvalue weighted by Gasteiger charge is 2.35. The summed E-state index contributed by atoms with van der Waals surface area (Å²) in [6.07, 6.45) is 1.59. The molecule has 3 aromatic rings. The van der Waals surface area contributed by atoms with Gasteiger partial charge < -0.3 is 10.4 Å². The first-order chi connectivity index (χ1) is 12.3. The van der Waals surface area contributed by atoms with Gasteiger partial charge in [0.2, 0.25) is 0 Å². The summed E-state index contributed by atoms with van der Waals surface area (Å²) in [7, 11) is 0. The second-order valence-corrected chi connectivity index (χ2v) is 6.85. The molecular weight excluding hydrogens is 306 g/mol. The predicted octanol–water partition coefficient (Wildman–Crippen LogP) is 4.03. The van der Waals surface area contributed by atoms with Gasteiger partial charge in [-0.05, 0) is 28.7 Å². The lowest BCUT2D eigenvalue weighted by Crippen LogP contribution is -2.42. The van der Waals surface area contributed by atoms with Gasteiger partial charge in [-0.2, -0.15) is 0 Å². The first kappa shape index (κ1) is 16.1. The number of nitrogens with one attached hydrogen (secondary N) is 1. The van der Waals surface area contributed by atoms with Crippen molar-refractivity contribution in [1.82, 2.24) is 5.32 Å². The van der Waals surface area contributed by atoms with Gasteiger partial charge in [-0.25, -0.2) is 0 Å². The molecular formula is C23H23NO. The molecule has 1 heterocycles. The maximum atomic E-state index is 11.7. The summed E-state index contributed by atoms with van der Waals surface area (Å²) in [4.78, 5) is 0. The van der Waals surface area contributed by atoms with Crippen LogP contribution in [0.5, 0.6) is 0 Å². The van der Waals surface area contributed by atoms with Crippen molar-refractivity contribution in [3.63, 3.8) is 0 Å². The number of rotatable bonds is 4. The molecule has 4 rings (SSSR count). The van der Waals surface area contributed by atoms with Gasteiger partial charge in [-0.3, -0.25) is 0 Å². The molecule has 2 nitrogen and oxygen atoms in total. The fourth-order valence-corrected chi connectivity index (χ4v) is 3.85. The molecule has 2 heteroatoms. The maximum Gasteiger partial charge on any atom is 0.116 e. The average molecular weight is 329 g/mol. The summed E-state index contributed by atoms with van der Waals surface area (Å²) in [6.45, 7) is 0.862. The van der Waals surface area contributed by atoms with Crippen molar-refractivity contribution >= 4 is 0 Å². The van der Waals surface area contributed by atoms with E-state index < -0.39 is 5.60 Å². The van der Waals surface area contributed by atoms with E-state index in [1.807, 2.05) is 60.7 Å². The van der Waals surface area contributed by atoms with Crippen molar-refractivity contribution in [2.75, 3.05) is 0 Å². The molecule has 126 valence electrons. The van der Waals surface area contributed by atoms with Gasteiger partial charge in [0.15, 0.2) is 0 Å². The summed E-state index contributed by atoms with van der Waals surface area (Å²) in [6, 6.07) is 28.8. The molecule has 0 spiro atoms. The summed E-state index contributed by atoms with van der Waals surface area (Å²) in [5.41, 5.74) is 3.65. The minimum Gasteiger partial charge on any atom is -0.380 e. The van der Waals surface area contributed by atoms with Crippen LogP contribution in [0, 0.1) is 0 Å². The lowest BCUT2D eigenvalue weighted by molar-refractivity contribution is 0.0576. The van der Waals surface area contributed by atoms with Crippen LogP contribution in [0.2, 0.25) is 0 Å². The third-order valence-corrected chi connectivity index (χ3v) is 5.21. The first-order valence-corrected chi connectivity index (χ1v) is 8.89. The highest BCUT2D eigenvalue weighted by atomic mass is 16.3. The number of hydrogen-bond donors (Lipinski definition) is 2. The van der Waals surface area contributed by atoms with Gasteiger partial charge >= 0.3 is 0 Å².